The topological polar surface area (TPSA) is 72.8 Å². The van der Waals surface area contributed by atoms with Crippen molar-refractivity contribution >= 4 is 11.9 Å². The molecule has 0 aromatic heterocycles. The van der Waals surface area contributed by atoms with E-state index >= 15 is 0 Å². The maximum atomic E-state index is 12.1. The third-order valence-electron chi connectivity index (χ3n) is 9.65. The molecule has 0 saturated carbocycles. The van der Waals surface area contributed by atoms with Gasteiger partial charge in [-0.3, -0.25) is 9.59 Å². The van der Waals surface area contributed by atoms with E-state index < -0.39 is 6.10 Å². The number of hydrogen-bond acceptors (Lipinski definition) is 5. The van der Waals surface area contributed by atoms with Crippen molar-refractivity contribution in [3.05, 3.63) is 0 Å². The Labute approximate surface area is 293 Å². The van der Waals surface area contributed by atoms with Crippen molar-refractivity contribution in [3.63, 3.8) is 0 Å². The fourth-order valence-electron chi connectivity index (χ4n) is 6.44. The first-order valence-corrected chi connectivity index (χ1v) is 21.1. The fourth-order valence-corrected chi connectivity index (χ4v) is 6.44. The molecule has 0 heterocycles. The summed E-state index contributed by atoms with van der Waals surface area (Å²) in [6.45, 7) is 4.16. The van der Waals surface area contributed by atoms with Crippen LogP contribution in [0.2, 0.25) is 0 Å². The Bertz CT molecular complexity index is 637. The maximum Gasteiger partial charge on any atom is 0.306 e. The largest absolute Gasteiger partial charge is 0.462 e. The standard InChI is InChI=1S/C42H82O5/c1-3-5-7-9-11-13-15-17-18-19-20-21-22-23-24-25-27-28-30-32-34-36-41(44)46-39-40(38-43)47-42(45)37-35-33-31-29-26-16-14-12-10-8-6-4-2/h40,43H,3-39H2,1-2H3/t40-/m0/s1. The monoisotopic (exact) mass is 667 g/mol. The van der Waals surface area contributed by atoms with Gasteiger partial charge in [0.25, 0.3) is 0 Å². The Morgan fingerprint density at radius 1 is 0.404 bits per heavy atom. The van der Waals surface area contributed by atoms with Gasteiger partial charge in [0.15, 0.2) is 6.10 Å². The van der Waals surface area contributed by atoms with E-state index in [-0.39, 0.29) is 25.2 Å². The molecule has 0 rings (SSSR count). The molecule has 1 N–H and O–H groups in total. The fraction of sp³-hybridized carbons (Fsp3) is 0.952. The average molecular weight is 667 g/mol. The summed E-state index contributed by atoms with van der Waals surface area (Å²) in [7, 11) is 0. The quantitative estimate of drug-likeness (QED) is 0.0522. The highest BCUT2D eigenvalue weighted by molar-refractivity contribution is 5.70. The van der Waals surface area contributed by atoms with Crippen molar-refractivity contribution < 1.29 is 24.2 Å². The molecular weight excluding hydrogens is 584 g/mol. The number of esters is 2. The van der Waals surface area contributed by atoms with Gasteiger partial charge >= 0.3 is 11.9 Å². The molecular formula is C42H82O5. The number of aliphatic hydroxyl groups excluding tert-OH is 1. The van der Waals surface area contributed by atoms with Crippen LogP contribution in [0, 0.1) is 0 Å². The van der Waals surface area contributed by atoms with Crippen molar-refractivity contribution in [3.8, 4) is 0 Å². The number of aliphatic hydroxyl groups is 1. The Morgan fingerprint density at radius 3 is 0.936 bits per heavy atom. The van der Waals surface area contributed by atoms with Crippen LogP contribution in [0.3, 0.4) is 0 Å². The van der Waals surface area contributed by atoms with Crippen molar-refractivity contribution in [1.29, 1.82) is 0 Å². The van der Waals surface area contributed by atoms with Crippen LogP contribution in [-0.2, 0) is 19.1 Å². The molecule has 0 saturated heterocycles. The Morgan fingerprint density at radius 2 is 0.660 bits per heavy atom. The average Bonchev–Trinajstić information content (AvgIpc) is 3.07. The number of unbranched alkanes of at least 4 members (excludes halogenated alkanes) is 31. The third-order valence-corrected chi connectivity index (χ3v) is 9.65. The van der Waals surface area contributed by atoms with E-state index in [4.69, 9.17) is 9.47 Å². The Hall–Kier alpha value is -1.10. The smallest absolute Gasteiger partial charge is 0.306 e. The van der Waals surface area contributed by atoms with E-state index in [0.717, 1.165) is 32.1 Å². The summed E-state index contributed by atoms with van der Waals surface area (Å²) in [5, 5.41) is 9.55. The first kappa shape index (κ1) is 45.9. The van der Waals surface area contributed by atoms with Gasteiger partial charge in [0.05, 0.1) is 6.61 Å². The van der Waals surface area contributed by atoms with E-state index in [1.54, 1.807) is 0 Å². The molecule has 0 radical (unpaired) electrons. The van der Waals surface area contributed by atoms with Crippen LogP contribution in [0.15, 0.2) is 0 Å². The zero-order chi connectivity index (χ0) is 34.3. The first-order valence-electron chi connectivity index (χ1n) is 21.1. The summed E-state index contributed by atoms with van der Waals surface area (Å²) in [5.41, 5.74) is 0. The SMILES string of the molecule is CCCCCCCCCCCCCCCCCCCCCCCC(=O)OC[C@H](CO)OC(=O)CCCCCCCCCCCCCC. The molecule has 47 heavy (non-hydrogen) atoms. The van der Waals surface area contributed by atoms with E-state index in [1.807, 2.05) is 0 Å². The summed E-state index contributed by atoms with van der Waals surface area (Å²) in [6, 6.07) is 0. The molecule has 280 valence electrons. The summed E-state index contributed by atoms with van der Waals surface area (Å²) < 4.78 is 10.6. The zero-order valence-electron chi connectivity index (χ0n) is 31.8. The van der Waals surface area contributed by atoms with Crippen LogP contribution in [0.1, 0.15) is 239 Å². The summed E-state index contributed by atoms with van der Waals surface area (Å²) in [6.07, 6.45) is 43.2. The van der Waals surface area contributed by atoms with E-state index in [2.05, 4.69) is 13.8 Å². The lowest BCUT2D eigenvalue weighted by molar-refractivity contribution is -0.161. The minimum Gasteiger partial charge on any atom is -0.462 e. The van der Waals surface area contributed by atoms with Gasteiger partial charge in [-0.2, -0.15) is 0 Å². The van der Waals surface area contributed by atoms with Crippen molar-refractivity contribution in [2.75, 3.05) is 13.2 Å². The number of ether oxygens (including phenoxy) is 2. The molecule has 5 nitrogen and oxygen atoms in total. The van der Waals surface area contributed by atoms with Crippen molar-refractivity contribution in [1.82, 2.24) is 0 Å². The van der Waals surface area contributed by atoms with Crippen LogP contribution in [0.4, 0.5) is 0 Å². The van der Waals surface area contributed by atoms with E-state index in [1.165, 1.54) is 180 Å². The zero-order valence-corrected chi connectivity index (χ0v) is 31.8. The van der Waals surface area contributed by atoms with Gasteiger partial charge in [0.1, 0.15) is 6.61 Å². The molecule has 0 aliphatic carbocycles. The van der Waals surface area contributed by atoms with Crippen molar-refractivity contribution in [2.45, 2.75) is 245 Å². The van der Waals surface area contributed by atoms with E-state index in [9.17, 15) is 14.7 Å². The normalized spacial score (nSPS) is 12.0. The summed E-state index contributed by atoms with van der Waals surface area (Å²) in [5.74, 6) is -0.574. The van der Waals surface area contributed by atoms with E-state index in [0.29, 0.717) is 12.8 Å². The summed E-state index contributed by atoms with van der Waals surface area (Å²) in [4.78, 5) is 24.2. The van der Waals surface area contributed by atoms with Gasteiger partial charge in [0, 0.05) is 12.8 Å². The van der Waals surface area contributed by atoms with Crippen molar-refractivity contribution in [2.24, 2.45) is 0 Å². The molecule has 0 aromatic rings. The highest BCUT2D eigenvalue weighted by Gasteiger charge is 2.16. The molecule has 0 fully saturated rings. The number of hydrogen-bond donors (Lipinski definition) is 1. The first-order chi connectivity index (χ1) is 23.1. The van der Waals surface area contributed by atoms with Gasteiger partial charge in [-0.1, -0.05) is 213 Å². The molecule has 0 aromatic carbocycles. The number of rotatable bonds is 39. The molecule has 0 spiro atoms. The minimum atomic E-state index is -0.761. The van der Waals surface area contributed by atoms with Gasteiger partial charge in [-0.15, -0.1) is 0 Å². The molecule has 0 bridgehead atoms. The van der Waals surface area contributed by atoms with Crippen LogP contribution >= 0.6 is 0 Å². The number of carbonyl (C=O) groups is 2. The number of carbonyl (C=O) groups excluding carboxylic acids is 2. The lowest BCUT2D eigenvalue weighted by atomic mass is 10.0. The van der Waals surface area contributed by atoms with Crippen LogP contribution in [-0.4, -0.2) is 36.4 Å². The minimum absolute atomic E-state index is 0.0568. The van der Waals surface area contributed by atoms with Gasteiger partial charge in [-0.25, -0.2) is 0 Å². The second-order valence-corrected chi connectivity index (χ2v) is 14.4. The Balaban J connectivity index is 3.44. The second kappa shape index (κ2) is 39.3. The lowest BCUT2D eigenvalue weighted by Gasteiger charge is -2.15. The predicted molar refractivity (Wildman–Crippen MR) is 201 cm³/mol. The second-order valence-electron chi connectivity index (χ2n) is 14.4. The Kier molecular flexibility index (Phi) is 38.4. The van der Waals surface area contributed by atoms with Gasteiger partial charge < -0.3 is 14.6 Å². The molecule has 1 atom stereocenters. The van der Waals surface area contributed by atoms with Crippen LogP contribution in [0.5, 0.6) is 0 Å². The summed E-state index contributed by atoms with van der Waals surface area (Å²) >= 11 is 0. The predicted octanol–water partition coefficient (Wildman–Crippen LogP) is 13.1. The van der Waals surface area contributed by atoms with Crippen LogP contribution in [0.25, 0.3) is 0 Å². The molecule has 5 heteroatoms. The van der Waals surface area contributed by atoms with Gasteiger partial charge in [0.2, 0.25) is 0 Å². The van der Waals surface area contributed by atoms with Crippen LogP contribution < -0.4 is 0 Å². The molecule has 0 aliphatic rings. The van der Waals surface area contributed by atoms with Gasteiger partial charge in [-0.05, 0) is 12.8 Å². The molecule has 0 aliphatic heterocycles. The molecule has 0 amide bonds. The maximum absolute atomic E-state index is 12.1. The lowest BCUT2D eigenvalue weighted by Crippen LogP contribution is -2.28. The molecule has 0 unspecified atom stereocenters. The third kappa shape index (κ3) is 37.6. The highest BCUT2D eigenvalue weighted by Crippen LogP contribution is 2.16. The highest BCUT2D eigenvalue weighted by atomic mass is 16.6.